The van der Waals surface area contributed by atoms with Gasteiger partial charge in [0.15, 0.2) is 11.6 Å². The van der Waals surface area contributed by atoms with E-state index in [4.69, 9.17) is 5.11 Å². The van der Waals surface area contributed by atoms with E-state index in [-0.39, 0.29) is 17.4 Å². The van der Waals surface area contributed by atoms with Crippen LogP contribution in [0.4, 0.5) is 10.2 Å². The van der Waals surface area contributed by atoms with Crippen LogP contribution in [0.3, 0.4) is 0 Å². The molecule has 0 aromatic carbocycles. The molecule has 1 aliphatic rings. The maximum absolute atomic E-state index is 14.0. The SMILES string of the molecule is CCC1CCCC(Nc2nccc(C(=O)O)c2F)C1. The molecule has 2 atom stereocenters. The quantitative estimate of drug-likeness (QED) is 0.877. The van der Waals surface area contributed by atoms with Gasteiger partial charge < -0.3 is 10.4 Å². The number of hydrogen-bond donors (Lipinski definition) is 2. The van der Waals surface area contributed by atoms with Crippen molar-refractivity contribution in [3.8, 4) is 0 Å². The van der Waals surface area contributed by atoms with Gasteiger partial charge in [-0.2, -0.15) is 0 Å². The minimum atomic E-state index is -1.27. The zero-order valence-corrected chi connectivity index (χ0v) is 11.0. The van der Waals surface area contributed by atoms with E-state index in [1.54, 1.807) is 0 Å². The van der Waals surface area contributed by atoms with Gasteiger partial charge in [-0.05, 0) is 24.8 Å². The molecule has 2 N–H and O–H groups in total. The van der Waals surface area contributed by atoms with Crippen LogP contribution in [0.5, 0.6) is 0 Å². The molecule has 4 nitrogen and oxygen atoms in total. The number of carboxylic acids is 1. The topological polar surface area (TPSA) is 62.2 Å². The van der Waals surface area contributed by atoms with Gasteiger partial charge in [0.2, 0.25) is 0 Å². The Morgan fingerprint density at radius 1 is 1.58 bits per heavy atom. The highest BCUT2D eigenvalue weighted by molar-refractivity contribution is 5.88. The van der Waals surface area contributed by atoms with Crippen molar-refractivity contribution in [2.24, 2.45) is 5.92 Å². The summed E-state index contributed by atoms with van der Waals surface area (Å²) in [5, 5.41) is 11.9. The molecule has 1 saturated carbocycles. The second-order valence-corrected chi connectivity index (χ2v) is 5.11. The molecule has 0 aliphatic heterocycles. The summed E-state index contributed by atoms with van der Waals surface area (Å²) >= 11 is 0. The maximum atomic E-state index is 14.0. The molecule has 2 unspecified atom stereocenters. The van der Waals surface area contributed by atoms with E-state index in [1.807, 2.05) is 0 Å². The Hall–Kier alpha value is -1.65. The van der Waals surface area contributed by atoms with E-state index in [1.165, 1.54) is 18.7 Å². The fraction of sp³-hybridized carbons (Fsp3) is 0.571. The molecule has 1 aliphatic carbocycles. The third kappa shape index (κ3) is 3.22. The third-order valence-corrected chi connectivity index (χ3v) is 3.82. The number of hydrogen-bond acceptors (Lipinski definition) is 3. The highest BCUT2D eigenvalue weighted by Crippen LogP contribution is 2.29. The highest BCUT2D eigenvalue weighted by atomic mass is 19.1. The average molecular weight is 266 g/mol. The van der Waals surface area contributed by atoms with Crippen LogP contribution in [0.25, 0.3) is 0 Å². The summed E-state index contributed by atoms with van der Waals surface area (Å²) in [5.41, 5.74) is -0.333. The Labute approximate surface area is 112 Å². The molecule has 5 heteroatoms. The van der Waals surface area contributed by atoms with Crippen LogP contribution < -0.4 is 5.32 Å². The Kier molecular flexibility index (Phi) is 4.35. The van der Waals surface area contributed by atoms with E-state index in [0.29, 0.717) is 5.92 Å². The molecule has 0 bridgehead atoms. The number of carboxylic acid groups (broad SMARTS) is 1. The molecule has 1 fully saturated rings. The van der Waals surface area contributed by atoms with Crippen LogP contribution in [0, 0.1) is 11.7 Å². The van der Waals surface area contributed by atoms with Gasteiger partial charge in [0.05, 0.1) is 0 Å². The van der Waals surface area contributed by atoms with Crippen LogP contribution in [-0.2, 0) is 0 Å². The molecule has 104 valence electrons. The Morgan fingerprint density at radius 3 is 3.05 bits per heavy atom. The Balaban J connectivity index is 2.10. The van der Waals surface area contributed by atoms with Crippen molar-refractivity contribution < 1.29 is 14.3 Å². The lowest BCUT2D eigenvalue weighted by atomic mass is 9.84. The highest BCUT2D eigenvalue weighted by Gasteiger charge is 2.23. The lowest BCUT2D eigenvalue weighted by molar-refractivity contribution is 0.0692. The smallest absolute Gasteiger partial charge is 0.338 e. The summed E-state index contributed by atoms with van der Waals surface area (Å²) in [6.07, 6.45) is 6.78. The van der Waals surface area contributed by atoms with Crippen molar-refractivity contribution in [2.75, 3.05) is 5.32 Å². The number of carbonyl (C=O) groups is 1. The molecule has 1 aromatic heterocycles. The molecule has 1 aromatic rings. The van der Waals surface area contributed by atoms with Crippen LogP contribution in [0.1, 0.15) is 49.4 Å². The van der Waals surface area contributed by atoms with E-state index in [9.17, 15) is 9.18 Å². The van der Waals surface area contributed by atoms with Crippen molar-refractivity contribution in [3.63, 3.8) is 0 Å². The van der Waals surface area contributed by atoms with E-state index in [0.717, 1.165) is 25.7 Å². The number of aromatic nitrogens is 1. The first kappa shape index (κ1) is 13.8. The van der Waals surface area contributed by atoms with Gasteiger partial charge in [-0.15, -0.1) is 0 Å². The zero-order valence-electron chi connectivity index (χ0n) is 11.0. The van der Waals surface area contributed by atoms with Crippen LogP contribution in [-0.4, -0.2) is 22.1 Å². The minimum Gasteiger partial charge on any atom is -0.478 e. The van der Waals surface area contributed by atoms with Gasteiger partial charge in [-0.3, -0.25) is 0 Å². The van der Waals surface area contributed by atoms with E-state index < -0.39 is 11.8 Å². The number of aromatic carboxylic acids is 1. The second-order valence-electron chi connectivity index (χ2n) is 5.11. The molecular formula is C14H19FN2O2. The molecule has 0 saturated heterocycles. The lowest BCUT2D eigenvalue weighted by Crippen LogP contribution is -2.28. The normalized spacial score (nSPS) is 23.1. The summed E-state index contributed by atoms with van der Waals surface area (Å²) in [6, 6.07) is 1.36. The summed E-state index contributed by atoms with van der Waals surface area (Å²) in [7, 11) is 0. The maximum Gasteiger partial charge on any atom is 0.338 e. The van der Waals surface area contributed by atoms with Gasteiger partial charge in [0, 0.05) is 12.2 Å². The van der Waals surface area contributed by atoms with Crippen LogP contribution >= 0.6 is 0 Å². The first-order valence-electron chi connectivity index (χ1n) is 6.76. The van der Waals surface area contributed by atoms with Crippen molar-refractivity contribution in [3.05, 3.63) is 23.6 Å². The van der Waals surface area contributed by atoms with Gasteiger partial charge in [-0.1, -0.05) is 26.2 Å². The fourth-order valence-electron chi connectivity index (χ4n) is 2.70. The monoisotopic (exact) mass is 266 g/mol. The largest absolute Gasteiger partial charge is 0.478 e. The molecule has 0 amide bonds. The summed E-state index contributed by atoms with van der Waals surface area (Å²) in [5.74, 6) is -1.31. The first-order chi connectivity index (χ1) is 9.11. The number of rotatable bonds is 4. The number of pyridine rings is 1. The number of halogens is 1. The van der Waals surface area contributed by atoms with Crippen molar-refractivity contribution in [1.82, 2.24) is 4.98 Å². The third-order valence-electron chi connectivity index (χ3n) is 3.82. The molecule has 19 heavy (non-hydrogen) atoms. The fourth-order valence-corrected chi connectivity index (χ4v) is 2.70. The minimum absolute atomic E-state index is 0.0571. The molecule has 0 radical (unpaired) electrons. The van der Waals surface area contributed by atoms with Gasteiger partial charge in [0.1, 0.15) is 5.56 Å². The summed E-state index contributed by atoms with van der Waals surface area (Å²) in [4.78, 5) is 14.8. The molecule has 1 heterocycles. The molecule has 2 rings (SSSR count). The van der Waals surface area contributed by atoms with Crippen molar-refractivity contribution in [2.45, 2.75) is 45.1 Å². The van der Waals surface area contributed by atoms with E-state index in [2.05, 4.69) is 17.2 Å². The second kappa shape index (κ2) is 5.99. The Bertz CT molecular complexity index is 465. The van der Waals surface area contributed by atoms with E-state index >= 15 is 0 Å². The number of nitrogens with one attached hydrogen (secondary N) is 1. The zero-order chi connectivity index (χ0) is 13.8. The van der Waals surface area contributed by atoms with Gasteiger partial charge in [-0.25, -0.2) is 14.2 Å². The first-order valence-corrected chi connectivity index (χ1v) is 6.76. The van der Waals surface area contributed by atoms with Crippen LogP contribution in [0.15, 0.2) is 12.3 Å². The predicted octanol–water partition coefficient (Wildman–Crippen LogP) is 3.30. The van der Waals surface area contributed by atoms with Gasteiger partial charge >= 0.3 is 5.97 Å². The molecular weight excluding hydrogens is 247 g/mol. The van der Waals surface area contributed by atoms with Crippen molar-refractivity contribution >= 4 is 11.8 Å². The Morgan fingerprint density at radius 2 is 2.37 bits per heavy atom. The van der Waals surface area contributed by atoms with Gasteiger partial charge in [0.25, 0.3) is 0 Å². The number of anilines is 1. The number of nitrogens with zero attached hydrogens (tertiary/aromatic N) is 1. The van der Waals surface area contributed by atoms with Crippen molar-refractivity contribution in [1.29, 1.82) is 0 Å². The lowest BCUT2D eigenvalue weighted by Gasteiger charge is -2.29. The summed E-state index contributed by atoms with van der Waals surface area (Å²) < 4.78 is 14.0. The predicted molar refractivity (Wildman–Crippen MR) is 70.8 cm³/mol. The average Bonchev–Trinajstić information content (AvgIpc) is 2.41. The standard InChI is InChI=1S/C14H19FN2O2/c1-2-9-4-3-5-10(8-9)17-13-12(15)11(14(18)19)6-7-16-13/h6-7,9-10H,2-5,8H2,1H3,(H,16,17)(H,18,19). The summed E-state index contributed by atoms with van der Waals surface area (Å²) in [6.45, 7) is 2.16. The van der Waals surface area contributed by atoms with Crippen LogP contribution in [0.2, 0.25) is 0 Å². The molecule has 0 spiro atoms.